The molecule has 2 aliphatic rings. The van der Waals surface area contributed by atoms with Crippen molar-refractivity contribution in [2.75, 3.05) is 7.11 Å². The van der Waals surface area contributed by atoms with Gasteiger partial charge in [0.2, 0.25) is 0 Å². The maximum Gasteiger partial charge on any atom is 0.356 e. The number of allylic oxidation sites excluding steroid dienone is 3. The van der Waals surface area contributed by atoms with Gasteiger partial charge >= 0.3 is 5.97 Å². The van der Waals surface area contributed by atoms with Crippen molar-refractivity contribution in [2.24, 2.45) is 0 Å². The van der Waals surface area contributed by atoms with Gasteiger partial charge < -0.3 is 4.74 Å². The maximum absolute atomic E-state index is 14.6. The van der Waals surface area contributed by atoms with Crippen LogP contribution in [0.25, 0.3) is 0 Å². The Balaban J connectivity index is 1.77. The van der Waals surface area contributed by atoms with Gasteiger partial charge in [-0.1, -0.05) is 30.2 Å². The molecule has 150 valence electrons. The van der Waals surface area contributed by atoms with Crippen molar-refractivity contribution in [3.8, 4) is 0 Å². The van der Waals surface area contributed by atoms with Crippen molar-refractivity contribution in [1.29, 1.82) is 5.41 Å². The number of carbonyl (C=O) groups excluding carboxylic acids is 1. The average molecular weight is 406 g/mol. The van der Waals surface area contributed by atoms with Gasteiger partial charge in [-0.25, -0.2) is 17.9 Å². The van der Waals surface area contributed by atoms with Crippen molar-refractivity contribution < 1.29 is 18.3 Å². The molecule has 1 aliphatic heterocycles. The van der Waals surface area contributed by atoms with Gasteiger partial charge in [0.05, 0.1) is 7.11 Å². The molecule has 1 N–H and O–H groups in total. The molecule has 1 fully saturated rings. The molecule has 1 unspecified atom stereocenters. The van der Waals surface area contributed by atoms with Crippen molar-refractivity contribution in [3.63, 3.8) is 0 Å². The molecular formula is C21H24F2N2O2S. The van der Waals surface area contributed by atoms with Crippen LogP contribution in [0.4, 0.5) is 8.78 Å². The summed E-state index contributed by atoms with van der Waals surface area (Å²) in [4.78, 5) is 11.4. The molecule has 1 saturated heterocycles. The predicted octanol–water partition coefficient (Wildman–Crippen LogP) is 4.78. The number of benzene rings is 1. The van der Waals surface area contributed by atoms with E-state index in [2.05, 4.69) is 34.2 Å². The van der Waals surface area contributed by atoms with E-state index in [1.165, 1.54) is 5.57 Å². The summed E-state index contributed by atoms with van der Waals surface area (Å²) < 4.78 is 35.6. The summed E-state index contributed by atoms with van der Waals surface area (Å²) in [6.07, 6.45) is 10.8. The van der Waals surface area contributed by atoms with Crippen LogP contribution in [0.15, 0.2) is 35.9 Å². The molecule has 0 bridgehead atoms. The topological polar surface area (TPSA) is 53.4 Å². The molecule has 0 amide bonds. The van der Waals surface area contributed by atoms with Gasteiger partial charge in [0, 0.05) is 29.0 Å². The van der Waals surface area contributed by atoms with Crippen LogP contribution >= 0.6 is 11.9 Å². The van der Waals surface area contributed by atoms with Crippen LogP contribution in [-0.4, -0.2) is 34.4 Å². The molecule has 1 aliphatic carbocycles. The summed E-state index contributed by atoms with van der Waals surface area (Å²) in [7, 11) is 1.10. The summed E-state index contributed by atoms with van der Waals surface area (Å²) in [5.41, 5.74) is 0.443. The highest BCUT2D eigenvalue weighted by atomic mass is 32.2. The Morgan fingerprint density at radius 1 is 1.29 bits per heavy atom. The summed E-state index contributed by atoms with van der Waals surface area (Å²) in [5, 5.41) is 7.99. The minimum absolute atomic E-state index is 0.215. The van der Waals surface area contributed by atoms with E-state index in [4.69, 9.17) is 5.41 Å². The molecule has 1 aromatic carbocycles. The summed E-state index contributed by atoms with van der Waals surface area (Å²) in [6.45, 7) is 2.35. The third kappa shape index (κ3) is 4.52. The number of rotatable bonds is 5. The lowest BCUT2D eigenvalue weighted by Crippen LogP contribution is -2.35. The van der Waals surface area contributed by atoms with E-state index >= 15 is 0 Å². The van der Waals surface area contributed by atoms with E-state index in [-0.39, 0.29) is 23.7 Å². The predicted molar refractivity (Wildman–Crippen MR) is 107 cm³/mol. The smallest absolute Gasteiger partial charge is 0.356 e. The number of hydrogen-bond acceptors (Lipinski definition) is 5. The van der Waals surface area contributed by atoms with Gasteiger partial charge in [0.1, 0.15) is 17.3 Å². The van der Waals surface area contributed by atoms with Crippen LogP contribution in [0, 0.1) is 17.0 Å². The zero-order valence-corrected chi connectivity index (χ0v) is 16.8. The fourth-order valence-electron chi connectivity index (χ4n) is 3.43. The minimum Gasteiger partial charge on any atom is -0.464 e. The Kier molecular flexibility index (Phi) is 6.67. The Bertz CT molecular complexity index is 838. The number of nitrogens with zero attached hydrogens (tertiary/aromatic N) is 1. The summed E-state index contributed by atoms with van der Waals surface area (Å²) in [6, 6.07) is 2.23. The van der Waals surface area contributed by atoms with Gasteiger partial charge in [-0.05, 0) is 50.3 Å². The van der Waals surface area contributed by atoms with E-state index in [0.717, 1.165) is 44.9 Å². The standard InChI is InChI=1S/C21H24F2N2O2S/c1-13-8-9-19(14-6-4-3-5-7-14)28-25(13)12-15-10-18(23)16(11-17(15)22)20(24)21(26)27-2/h4,6-7,10-11,13,19,24H,3,5,8-9,12H2,1-2H3/t13-,19?/m0/s1. The number of halogens is 2. The first-order valence-corrected chi connectivity index (χ1v) is 10.2. The van der Waals surface area contributed by atoms with E-state index in [0.29, 0.717) is 5.25 Å². The number of nitrogens with one attached hydrogen (secondary N) is 1. The van der Waals surface area contributed by atoms with Crippen LogP contribution < -0.4 is 0 Å². The average Bonchev–Trinajstić information content (AvgIpc) is 2.71. The van der Waals surface area contributed by atoms with Crippen molar-refractivity contribution in [1.82, 2.24) is 4.31 Å². The fourth-order valence-corrected chi connectivity index (χ4v) is 4.82. The number of esters is 1. The Hall–Kier alpha value is -1.99. The zero-order chi connectivity index (χ0) is 20.3. The molecule has 0 spiro atoms. The monoisotopic (exact) mass is 406 g/mol. The molecule has 0 saturated carbocycles. The highest BCUT2D eigenvalue weighted by molar-refractivity contribution is 7.97. The molecule has 4 nitrogen and oxygen atoms in total. The van der Waals surface area contributed by atoms with Gasteiger partial charge in [-0.15, -0.1) is 0 Å². The molecular weight excluding hydrogens is 382 g/mol. The molecule has 0 radical (unpaired) electrons. The second-order valence-corrected chi connectivity index (χ2v) is 8.32. The fraction of sp³-hybridized carbons (Fsp3) is 0.429. The first kappa shape index (κ1) is 20.7. The van der Waals surface area contributed by atoms with Crippen LogP contribution in [0.3, 0.4) is 0 Å². The maximum atomic E-state index is 14.6. The van der Waals surface area contributed by atoms with E-state index < -0.39 is 23.3 Å². The molecule has 3 rings (SSSR count). The lowest BCUT2D eigenvalue weighted by molar-refractivity contribution is -0.132. The summed E-state index contributed by atoms with van der Waals surface area (Å²) >= 11 is 1.68. The first-order chi connectivity index (χ1) is 13.4. The first-order valence-electron chi connectivity index (χ1n) is 9.36. The summed E-state index contributed by atoms with van der Waals surface area (Å²) in [5.74, 6) is -2.42. The Labute approximate surface area is 168 Å². The highest BCUT2D eigenvalue weighted by Crippen LogP contribution is 2.38. The molecule has 28 heavy (non-hydrogen) atoms. The van der Waals surface area contributed by atoms with Crippen molar-refractivity contribution >= 4 is 23.6 Å². The lowest BCUT2D eigenvalue weighted by Gasteiger charge is -2.37. The quantitative estimate of drug-likeness (QED) is 0.434. The van der Waals surface area contributed by atoms with E-state index in [1.807, 2.05) is 0 Å². The van der Waals surface area contributed by atoms with Gasteiger partial charge in [-0.2, -0.15) is 0 Å². The van der Waals surface area contributed by atoms with Crippen LogP contribution in [-0.2, 0) is 16.1 Å². The van der Waals surface area contributed by atoms with Gasteiger partial charge in [0.15, 0.2) is 0 Å². The van der Waals surface area contributed by atoms with Crippen molar-refractivity contribution in [2.45, 2.75) is 50.4 Å². The number of ether oxygens (including phenoxy) is 1. The third-order valence-electron chi connectivity index (χ3n) is 5.12. The zero-order valence-electron chi connectivity index (χ0n) is 16.0. The van der Waals surface area contributed by atoms with Crippen LogP contribution in [0.1, 0.15) is 43.7 Å². The molecule has 0 aromatic heterocycles. The molecule has 2 atom stereocenters. The second kappa shape index (κ2) is 9.01. The van der Waals surface area contributed by atoms with E-state index in [1.54, 1.807) is 11.9 Å². The normalized spacial score (nSPS) is 22.6. The van der Waals surface area contributed by atoms with Crippen LogP contribution in [0.5, 0.6) is 0 Å². The third-order valence-corrected chi connectivity index (χ3v) is 6.64. The van der Waals surface area contributed by atoms with E-state index in [9.17, 15) is 13.6 Å². The van der Waals surface area contributed by atoms with Gasteiger partial charge in [0.25, 0.3) is 0 Å². The van der Waals surface area contributed by atoms with Crippen molar-refractivity contribution in [3.05, 3.63) is 58.7 Å². The minimum atomic E-state index is -0.997. The molecule has 1 aromatic rings. The van der Waals surface area contributed by atoms with Gasteiger partial charge in [-0.3, -0.25) is 5.41 Å². The largest absolute Gasteiger partial charge is 0.464 e. The lowest BCUT2D eigenvalue weighted by atomic mass is 9.99. The number of methoxy groups -OCH3 is 1. The Morgan fingerprint density at radius 2 is 2.07 bits per heavy atom. The highest BCUT2D eigenvalue weighted by Gasteiger charge is 2.29. The number of hydrogen-bond donors (Lipinski definition) is 1. The van der Waals surface area contributed by atoms with Crippen LogP contribution in [0.2, 0.25) is 0 Å². The SMILES string of the molecule is COC(=O)C(=N)c1cc(F)c(CN2SC(C3=CCCC=C3)CC[C@@H]2C)cc1F. The molecule has 7 heteroatoms. The second-order valence-electron chi connectivity index (χ2n) is 7.07. The Morgan fingerprint density at radius 3 is 2.75 bits per heavy atom. The molecule has 1 heterocycles. The number of carbonyl (C=O) groups is 1.